The molecule has 162 valence electrons. The van der Waals surface area contributed by atoms with E-state index < -0.39 is 5.82 Å². The fraction of sp³-hybridized carbons (Fsp3) is 0.238. The first-order chi connectivity index (χ1) is 14.8. The van der Waals surface area contributed by atoms with Crippen molar-refractivity contribution in [1.29, 1.82) is 5.41 Å². The number of aryl methyl sites for hydroxylation is 1. The van der Waals surface area contributed by atoms with Crippen LogP contribution in [0.1, 0.15) is 19.4 Å². The van der Waals surface area contributed by atoms with Gasteiger partial charge in [-0.05, 0) is 44.2 Å². The Hall–Kier alpha value is -3.95. The van der Waals surface area contributed by atoms with Crippen LogP contribution in [0.15, 0.2) is 36.4 Å². The summed E-state index contributed by atoms with van der Waals surface area (Å²) in [7, 11) is 1.68. The highest BCUT2D eigenvalue weighted by atomic mass is 19.1. The molecule has 10 heteroatoms. The molecule has 0 aliphatic rings. The molecule has 0 aliphatic carbocycles. The summed E-state index contributed by atoms with van der Waals surface area (Å²) >= 11 is 0. The van der Waals surface area contributed by atoms with E-state index in [1.165, 1.54) is 16.8 Å². The average Bonchev–Trinajstić information content (AvgIpc) is 3.07. The lowest BCUT2D eigenvalue weighted by molar-refractivity contribution is -0.123. The minimum atomic E-state index is -0.572. The van der Waals surface area contributed by atoms with Gasteiger partial charge < -0.3 is 26.5 Å². The lowest BCUT2D eigenvalue weighted by Gasteiger charge is -2.10. The molecule has 0 saturated heterocycles. The van der Waals surface area contributed by atoms with Crippen LogP contribution in [-0.2, 0) is 11.8 Å². The number of hydrogen-bond donors (Lipinski definition) is 4. The van der Waals surface area contributed by atoms with Crippen LogP contribution in [0.5, 0.6) is 5.75 Å². The van der Waals surface area contributed by atoms with Crippen molar-refractivity contribution in [3.05, 3.63) is 47.8 Å². The number of carbonyl (C=O) groups is 1. The first kappa shape index (κ1) is 21.8. The molecule has 0 spiro atoms. The Bertz CT molecular complexity index is 1110. The number of ether oxygens (including phenoxy) is 1. The number of aromatic nitrogens is 3. The number of hydrogen-bond acceptors (Lipinski definition) is 7. The Balaban J connectivity index is 1.75. The second kappa shape index (κ2) is 9.24. The molecule has 1 amide bonds. The van der Waals surface area contributed by atoms with Crippen LogP contribution in [0, 0.1) is 11.2 Å². The zero-order chi connectivity index (χ0) is 22.5. The smallest absolute Gasteiger partial charge is 0.258 e. The van der Waals surface area contributed by atoms with Crippen LogP contribution in [0.25, 0.3) is 11.4 Å². The van der Waals surface area contributed by atoms with Gasteiger partial charge in [0.15, 0.2) is 12.4 Å². The Labute approximate surface area is 178 Å². The average molecular weight is 425 g/mol. The first-order valence-electron chi connectivity index (χ1n) is 9.57. The molecule has 9 nitrogen and oxygen atoms in total. The molecule has 1 aromatic heterocycles. The minimum absolute atomic E-state index is 0.00168. The number of carbonyl (C=O) groups excluding carboxylic acids is 1. The summed E-state index contributed by atoms with van der Waals surface area (Å²) in [6, 6.07) is 9.38. The van der Waals surface area contributed by atoms with E-state index in [9.17, 15) is 9.18 Å². The molecule has 1 heterocycles. The molecular weight excluding hydrogens is 401 g/mol. The molecular formula is C21H24FN7O2. The molecule has 0 bridgehead atoms. The van der Waals surface area contributed by atoms with Crippen molar-refractivity contribution >= 4 is 29.4 Å². The van der Waals surface area contributed by atoms with E-state index in [4.69, 9.17) is 15.9 Å². The van der Waals surface area contributed by atoms with Crippen molar-refractivity contribution in [3.63, 3.8) is 0 Å². The molecule has 3 rings (SSSR count). The quantitative estimate of drug-likeness (QED) is 0.324. The van der Waals surface area contributed by atoms with Crippen molar-refractivity contribution in [2.45, 2.75) is 19.9 Å². The van der Waals surface area contributed by atoms with E-state index in [1.54, 1.807) is 31.3 Å². The summed E-state index contributed by atoms with van der Waals surface area (Å²) in [6.07, 6.45) is 1.16. The van der Waals surface area contributed by atoms with Crippen LogP contribution in [0.3, 0.4) is 0 Å². The summed E-state index contributed by atoms with van der Waals surface area (Å²) in [5.41, 5.74) is 7.72. The van der Waals surface area contributed by atoms with Crippen LogP contribution in [0.4, 0.5) is 21.7 Å². The number of rotatable bonds is 8. The maximum Gasteiger partial charge on any atom is 0.258 e. The third-order valence-electron chi connectivity index (χ3n) is 4.26. The Kier molecular flexibility index (Phi) is 6.49. The normalized spacial score (nSPS) is 10.7. The third kappa shape index (κ3) is 5.35. The van der Waals surface area contributed by atoms with E-state index in [0.29, 0.717) is 22.9 Å². The summed E-state index contributed by atoms with van der Waals surface area (Å²) in [5, 5.41) is 17.4. The number of nitrogens with two attached hydrogens (primary N) is 1. The molecule has 0 saturated carbocycles. The predicted octanol–water partition coefficient (Wildman–Crippen LogP) is 2.85. The van der Waals surface area contributed by atoms with Crippen LogP contribution in [-0.4, -0.2) is 39.5 Å². The van der Waals surface area contributed by atoms with Gasteiger partial charge in [-0.3, -0.25) is 4.79 Å². The van der Waals surface area contributed by atoms with Gasteiger partial charge in [0.2, 0.25) is 5.95 Å². The summed E-state index contributed by atoms with van der Waals surface area (Å²) in [5.74, 6) is -0.0430. The largest absolute Gasteiger partial charge is 0.484 e. The highest BCUT2D eigenvalue weighted by Gasteiger charge is 2.15. The van der Waals surface area contributed by atoms with E-state index in [-0.39, 0.29) is 35.7 Å². The van der Waals surface area contributed by atoms with Gasteiger partial charge in [0.05, 0.1) is 5.56 Å². The second-order valence-electron chi connectivity index (χ2n) is 7.15. The highest BCUT2D eigenvalue weighted by molar-refractivity contribution is 5.87. The van der Waals surface area contributed by atoms with Crippen LogP contribution in [0.2, 0.25) is 0 Å². The molecule has 0 radical (unpaired) electrons. The van der Waals surface area contributed by atoms with Crippen LogP contribution < -0.4 is 21.1 Å². The molecule has 0 fully saturated rings. The van der Waals surface area contributed by atoms with E-state index >= 15 is 0 Å². The Morgan fingerprint density at radius 3 is 2.77 bits per heavy atom. The number of benzene rings is 2. The number of amides is 1. The molecule has 3 aromatic rings. The number of nitrogens with one attached hydrogen (secondary N) is 3. The van der Waals surface area contributed by atoms with Gasteiger partial charge in [-0.15, -0.1) is 5.10 Å². The maximum atomic E-state index is 14.7. The zero-order valence-electron chi connectivity index (χ0n) is 17.4. The predicted molar refractivity (Wildman–Crippen MR) is 117 cm³/mol. The number of nitrogen functional groups attached to an aromatic ring is 1. The Morgan fingerprint density at radius 2 is 2.10 bits per heavy atom. The second-order valence-corrected chi connectivity index (χ2v) is 7.15. The Morgan fingerprint density at radius 1 is 1.32 bits per heavy atom. The van der Waals surface area contributed by atoms with Gasteiger partial charge in [-0.1, -0.05) is 0 Å². The topological polar surface area (TPSA) is 131 Å². The van der Waals surface area contributed by atoms with Crippen LogP contribution >= 0.6 is 0 Å². The van der Waals surface area contributed by atoms with Crippen molar-refractivity contribution in [1.82, 2.24) is 20.1 Å². The zero-order valence-corrected chi connectivity index (χ0v) is 17.4. The molecule has 0 aliphatic heterocycles. The van der Waals surface area contributed by atoms with Gasteiger partial charge in [0, 0.05) is 42.3 Å². The summed E-state index contributed by atoms with van der Waals surface area (Å²) in [4.78, 5) is 16.0. The van der Waals surface area contributed by atoms with Crippen molar-refractivity contribution in [2.24, 2.45) is 7.05 Å². The highest BCUT2D eigenvalue weighted by Crippen LogP contribution is 2.26. The van der Waals surface area contributed by atoms with Gasteiger partial charge in [0.1, 0.15) is 11.6 Å². The third-order valence-corrected chi connectivity index (χ3v) is 4.26. The molecule has 0 unspecified atom stereocenters. The van der Waals surface area contributed by atoms with Gasteiger partial charge in [-0.2, -0.15) is 4.98 Å². The first-order valence-corrected chi connectivity index (χ1v) is 9.57. The summed E-state index contributed by atoms with van der Waals surface area (Å²) in [6.45, 7) is 3.48. The lowest BCUT2D eigenvalue weighted by atomic mass is 10.2. The molecule has 0 atom stereocenters. The van der Waals surface area contributed by atoms with E-state index in [0.717, 1.165) is 6.21 Å². The maximum absolute atomic E-state index is 14.7. The van der Waals surface area contributed by atoms with E-state index in [1.807, 2.05) is 13.8 Å². The molecule has 2 aromatic carbocycles. The van der Waals surface area contributed by atoms with Crippen molar-refractivity contribution < 1.29 is 13.9 Å². The lowest BCUT2D eigenvalue weighted by Crippen LogP contribution is -2.34. The van der Waals surface area contributed by atoms with Crippen molar-refractivity contribution in [3.8, 4) is 17.1 Å². The number of anilines is 3. The standard InChI is InChI=1S/C21H24FN7O2/c1-12(2)25-19(30)11-31-15-5-6-16(17(22)9-15)20-27-21(29(3)28-20)26-14-4-7-18(24)13(8-14)10-23/h4-10,12,23H,11,24H2,1-3H3,(H,25,30)(H,26,27,28). The molecule has 5 N–H and O–H groups in total. The van der Waals surface area contributed by atoms with Gasteiger partial charge in [0.25, 0.3) is 5.91 Å². The fourth-order valence-electron chi connectivity index (χ4n) is 2.79. The minimum Gasteiger partial charge on any atom is -0.484 e. The van der Waals surface area contributed by atoms with Crippen molar-refractivity contribution in [2.75, 3.05) is 17.7 Å². The fourth-order valence-corrected chi connectivity index (χ4v) is 2.79. The van der Waals surface area contributed by atoms with Gasteiger partial charge in [-0.25, -0.2) is 9.07 Å². The number of nitrogens with zero attached hydrogens (tertiary/aromatic N) is 3. The monoisotopic (exact) mass is 425 g/mol. The van der Waals surface area contributed by atoms with Gasteiger partial charge >= 0.3 is 0 Å². The van der Waals surface area contributed by atoms with E-state index in [2.05, 4.69) is 20.7 Å². The summed E-state index contributed by atoms with van der Waals surface area (Å²) < 4.78 is 21.5. The number of halogens is 1. The SMILES string of the molecule is CC(C)NC(=O)COc1ccc(-c2nc(Nc3ccc(N)c(C=N)c3)n(C)n2)c(F)c1. The molecule has 31 heavy (non-hydrogen) atoms.